The fourth-order valence-electron chi connectivity index (χ4n) is 6.42. The van der Waals surface area contributed by atoms with Crippen LogP contribution in [-0.4, -0.2) is 18.7 Å². The molecule has 0 radical (unpaired) electrons. The van der Waals surface area contributed by atoms with Crippen molar-refractivity contribution in [2.24, 2.45) is 10.8 Å². The van der Waals surface area contributed by atoms with Crippen LogP contribution in [0.25, 0.3) is 0 Å². The molecular formula is C34H39NO4. The summed E-state index contributed by atoms with van der Waals surface area (Å²) in [6, 6.07) is 14.0. The fraction of sp³-hybridized carbons (Fsp3) is 0.412. The average Bonchev–Trinajstić information content (AvgIpc) is 2.85. The van der Waals surface area contributed by atoms with Crippen molar-refractivity contribution in [1.82, 2.24) is 5.32 Å². The van der Waals surface area contributed by atoms with Gasteiger partial charge in [0.05, 0.1) is 7.11 Å². The summed E-state index contributed by atoms with van der Waals surface area (Å²) in [6.45, 7) is 12.9. The van der Waals surface area contributed by atoms with Gasteiger partial charge in [-0.3, -0.25) is 9.59 Å². The van der Waals surface area contributed by atoms with Gasteiger partial charge in [-0.05, 0) is 47.3 Å². The number of ketones is 2. The summed E-state index contributed by atoms with van der Waals surface area (Å²) in [6.07, 6.45) is 4.87. The topological polar surface area (TPSA) is 64.6 Å². The molecule has 1 heterocycles. The van der Waals surface area contributed by atoms with Crippen molar-refractivity contribution in [1.29, 1.82) is 0 Å². The van der Waals surface area contributed by atoms with E-state index in [0.29, 0.717) is 37.4 Å². The molecule has 2 aromatic rings. The lowest BCUT2D eigenvalue weighted by atomic mass is 9.64. The van der Waals surface area contributed by atoms with Crippen LogP contribution in [0.2, 0.25) is 0 Å². The van der Waals surface area contributed by atoms with Gasteiger partial charge in [0.1, 0.15) is 6.61 Å². The lowest BCUT2D eigenvalue weighted by Gasteiger charge is -2.44. The highest BCUT2D eigenvalue weighted by Gasteiger charge is 2.46. The zero-order valence-corrected chi connectivity index (χ0v) is 23.8. The van der Waals surface area contributed by atoms with Gasteiger partial charge in [0.15, 0.2) is 23.1 Å². The Kier molecular flexibility index (Phi) is 7.04. The monoisotopic (exact) mass is 525 g/mol. The number of benzene rings is 2. The zero-order valence-electron chi connectivity index (χ0n) is 23.8. The molecule has 2 aliphatic carbocycles. The van der Waals surface area contributed by atoms with Crippen LogP contribution in [0.3, 0.4) is 0 Å². The Morgan fingerprint density at radius 1 is 0.923 bits per heavy atom. The molecule has 0 amide bonds. The van der Waals surface area contributed by atoms with Gasteiger partial charge in [0.25, 0.3) is 0 Å². The SMILES string of the molecule is C=CCc1cc(C2C3=C(CC(C)(C)CC3=O)NC3=C2C(=O)CC(C)(C)C3)cc(OC)c1OCc1ccccc1. The zero-order chi connectivity index (χ0) is 27.9. The summed E-state index contributed by atoms with van der Waals surface area (Å²) in [7, 11) is 1.63. The first-order valence-corrected chi connectivity index (χ1v) is 13.8. The lowest BCUT2D eigenvalue weighted by molar-refractivity contribution is -0.119. The molecule has 1 aliphatic heterocycles. The Morgan fingerprint density at radius 3 is 2.05 bits per heavy atom. The molecule has 0 atom stereocenters. The first-order valence-electron chi connectivity index (χ1n) is 13.8. The second kappa shape index (κ2) is 10.2. The predicted octanol–water partition coefficient (Wildman–Crippen LogP) is 6.98. The van der Waals surface area contributed by atoms with E-state index < -0.39 is 5.92 Å². The number of allylic oxidation sites excluding steroid dienone is 5. The number of rotatable bonds is 7. The number of carbonyl (C=O) groups is 2. The Labute approximate surface area is 232 Å². The third-order valence-corrected chi connectivity index (χ3v) is 8.02. The molecule has 5 rings (SSSR count). The Hall–Kier alpha value is -3.60. The highest BCUT2D eigenvalue weighted by atomic mass is 16.5. The fourth-order valence-corrected chi connectivity index (χ4v) is 6.42. The Bertz CT molecular complexity index is 1340. The van der Waals surface area contributed by atoms with Gasteiger partial charge in [-0.25, -0.2) is 0 Å². The molecule has 5 heteroatoms. The molecule has 3 aliphatic rings. The molecule has 0 aromatic heterocycles. The van der Waals surface area contributed by atoms with Crippen molar-refractivity contribution in [2.75, 3.05) is 7.11 Å². The highest BCUT2D eigenvalue weighted by Crippen LogP contribution is 2.52. The van der Waals surface area contributed by atoms with E-state index in [1.165, 1.54) is 0 Å². The summed E-state index contributed by atoms with van der Waals surface area (Å²) in [5.74, 6) is 1.04. The normalized spacial score (nSPS) is 20.2. The summed E-state index contributed by atoms with van der Waals surface area (Å²) < 4.78 is 12.2. The largest absolute Gasteiger partial charge is 0.493 e. The lowest BCUT2D eigenvalue weighted by Crippen LogP contribution is -2.42. The molecule has 0 spiro atoms. The molecule has 2 aromatic carbocycles. The minimum Gasteiger partial charge on any atom is -0.493 e. The van der Waals surface area contributed by atoms with Gasteiger partial charge in [-0.2, -0.15) is 0 Å². The van der Waals surface area contributed by atoms with Crippen molar-refractivity contribution in [2.45, 2.75) is 72.3 Å². The maximum atomic E-state index is 13.7. The van der Waals surface area contributed by atoms with Crippen LogP contribution in [0.4, 0.5) is 0 Å². The van der Waals surface area contributed by atoms with Crippen molar-refractivity contribution < 1.29 is 19.1 Å². The van der Waals surface area contributed by atoms with E-state index >= 15 is 0 Å². The van der Waals surface area contributed by atoms with Gasteiger partial charge >= 0.3 is 0 Å². The first-order chi connectivity index (χ1) is 18.5. The number of carbonyl (C=O) groups excluding carboxylic acids is 2. The number of hydrogen-bond acceptors (Lipinski definition) is 5. The van der Waals surface area contributed by atoms with Crippen molar-refractivity contribution in [3.8, 4) is 11.5 Å². The van der Waals surface area contributed by atoms with Crippen LogP contribution in [0.1, 0.15) is 76.0 Å². The molecule has 0 saturated heterocycles. The van der Waals surface area contributed by atoms with E-state index in [0.717, 1.165) is 52.1 Å². The van der Waals surface area contributed by atoms with Crippen LogP contribution in [0, 0.1) is 10.8 Å². The van der Waals surface area contributed by atoms with Crippen molar-refractivity contribution >= 4 is 11.6 Å². The molecule has 204 valence electrons. The van der Waals surface area contributed by atoms with E-state index in [1.807, 2.05) is 42.5 Å². The van der Waals surface area contributed by atoms with Gasteiger partial charge in [0.2, 0.25) is 0 Å². The van der Waals surface area contributed by atoms with E-state index in [2.05, 4.69) is 45.7 Å². The molecular weight excluding hydrogens is 486 g/mol. The second-order valence-electron chi connectivity index (χ2n) is 12.7. The van der Waals surface area contributed by atoms with Gasteiger partial charge < -0.3 is 14.8 Å². The molecule has 0 fully saturated rings. The Balaban J connectivity index is 1.65. The standard InChI is InChI=1S/C34H39NO4/c1-7-11-22-14-23(15-28(38-6)32(22)39-20-21-12-9-8-10-13-21)29-30-24(16-33(2,3)18-26(30)36)35-25-17-34(4,5)19-27(37)31(25)29/h7-10,12-15,29,35H,1,11,16-20H2,2-6H3. The van der Waals surface area contributed by atoms with Crippen molar-refractivity contribution in [3.63, 3.8) is 0 Å². The minimum absolute atomic E-state index is 0.108. The third-order valence-electron chi connectivity index (χ3n) is 8.02. The molecule has 39 heavy (non-hydrogen) atoms. The third kappa shape index (κ3) is 5.32. The number of nitrogens with one attached hydrogen (secondary N) is 1. The summed E-state index contributed by atoms with van der Waals surface area (Å²) in [5, 5.41) is 3.59. The molecule has 1 N–H and O–H groups in total. The average molecular weight is 526 g/mol. The maximum Gasteiger partial charge on any atom is 0.165 e. The van der Waals surface area contributed by atoms with Gasteiger partial charge in [-0.15, -0.1) is 6.58 Å². The predicted molar refractivity (Wildman–Crippen MR) is 154 cm³/mol. The second-order valence-corrected chi connectivity index (χ2v) is 12.7. The number of methoxy groups -OCH3 is 1. The number of Topliss-reactive ketones (excluding diaryl/α,β-unsaturated/α-hetero) is 2. The quantitative estimate of drug-likeness (QED) is 0.395. The first kappa shape index (κ1) is 27.0. The highest BCUT2D eigenvalue weighted by molar-refractivity contribution is 6.06. The van der Waals surface area contributed by atoms with E-state index in [-0.39, 0.29) is 22.4 Å². The summed E-state index contributed by atoms with van der Waals surface area (Å²) >= 11 is 0. The smallest absolute Gasteiger partial charge is 0.165 e. The molecule has 0 bridgehead atoms. The minimum atomic E-state index is -0.427. The van der Waals surface area contributed by atoms with E-state index in [1.54, 1.807) is 7.11 Å². The molecule has 0 saturated carbocycles. The summed E-state index contributed by atoms with van der Waals surface area (Å²) in [5.41, 5.74) is 5.96. The molecule has 5 nitrogen and oxygen atoms in total. The number of dihydropyridines is 1. The maximum absolute atomic E-state index is 13.7. The summed E-state index contributed by atoms with van der Waals surface area (Å²) in [4.78, 5) is 27.4. The van der Waals surface area contributed by atoms with Crippen LogP contribution >= 0.6 is 0 Å². The van der Waals surface area contributed by atoms with Crippen LogP contribution in [-0.2, 0) is 22.6 Å². The van der Waals surface area contributed by atoms with Crippen molar-refractivity contribution in [3.05, 3.63) is 94.4 Å². The van der Waals surface area contributed by atoms with Crippen LogP contribution in [0.15, 0.2) is 77.7 Å². The number of hydrogen-bond donors (Lipinski definition) is 1. The van der Waals surface area contributed by atoms with E-state index in [9.17, 15) is 9.59 Å². The van der Waals surface area contributed by atoms with Crippen LogP contribution < -0.4 is 14.8 Å². The number of ether oxygens (including phenoxy) is 2. The van der Waals surface area contributed by atoms with Crippen LogP contribution in [0.5, 0.6) is 11.5 Å². The van der Waals surface area contributed by atoms with Gasteiger partial charge in [0, 0.05) is 46.9 Å². The van der Waals surface area contributed by atoms with E-state index in [4.69, 9.17) is 9.47 Å². The van der Waals surface area contributed by atoms with Gasteiger partial charge in [-0.1, -0.05) is 70.2 Å². The Morgan fingerprint density at radius 2 is 1.51 bits per heavy atom. The molecule has 0 unspecified atom stereocenters.